The van der Waals surface area contributed by atoms with E-state index in [1.54, 1.807) is 23.6 Å². The lowest BCUT2D eigenvalue weighted by Gasteiger charge is -2.09. The summed E-state index contributed by atoms with van der Waals surface area (Å²) in [5.41, 5.74) is 5.79. The van der Waals surface area contributed by atoms with Gasteiger partial charge in [-0.25, -0.2) is 0 Å². The lowest BCUT2D eigenvalue weighted by atomic mass is 9.97. The molecule has 0 saturated heterocycles. The smallest absolute Gasteiger partial charge is 0.395 e. The number of allylic oxidation sites excluding steroid dienone is 2. The quantitative estimate of drug-likeness (QED) is 0.211. The van der Waals surface area contributed by atoms with Crippen LogP contribution in [0.1, 0.15) is 68.5 Å². The molecule has 0 bridgehead atoms. The van der Waals surface area contributed by atoms with Gasteiger partial charge in [-0.3, -0.25) is 10.4 Å². The molecule has 0 unspecified atom stereocenters. The molecule has 0 spiro atoms. The Morgan fingerprint density at radius 3 is 2.53 bits per heavy atom. The Bertz CT molecular complexity index is 1160. The Hall–Kier alpha value is -2.67. The molecule has 182 valence electrons. The van der Waals surface area contributed by atoms with Crippen LogP contribution in [0.25, 0.3) is 21.2 Å². The fourth-order valence-corrected chi connectivity index (χ4v) is 5.40. The van der Waals surface area contributed by atoms with Gasteiger partial charge in [0.15, 0.2) is 0 Å². The van der Waals surface area contributed by atoms with Crippen LogP contribution in [0.4, 0.5) is 13.2 Å². The van der Waals surface area contributed by atoms with Gasteiger partial charge >= 0.3 is 6.18 Å². The molecule has 2 aromatic heterocycles. The molecule has 3 rings (SSSR count). The van der Waals surface area contributed by atoms with Crippen molar-refractivity contribution in [2.24, 2.45) is 5.73 Å². The number of nitrogens with zero attached hydrogens (tertiary/aromatic N) is 1. The number of fused-ring (bicyclic) bond motifs is 1. The highest BCUT2D eigenvalue weighted by atomic mass is 32.1. The fourth-order valence-electron chi connectivity index (χ4n) is 4.04. The Kier molecular flexibility index (Phi) is 8.89. The minimum absolute atomic E-state index is 0.168. The predicted octanol–water partition coefficient (Wildman–Crippen LogP) is 8.20. The number of benzene rings is 1. The zero-order valence-electron chi connectivity index (χ0n) is 19.8. The van der Waals surface area contributed by atoms with Crippen LogP contribution < -0.4 is 5.73 Å². The zero-order valence-corrected chi connectivity index (χ0v) is 20.6. The summed E-state index contributed by atoms with van der Waals surface area (Å²) >= 11 is 1.75. The first kappa shape index (κ1) is 25.9. The molecule has 0 aliphatic carbocycles. The van der Waals surface area contributed by atoms with Gasteiger partial charge < -0.3 is 5.73 Å². The molecule has 0 aliphatic rings. The van der Waals surface area contributed by atoms with Gasteiger partial charge in [-0.05, 0) is 60.4 Å². The van der Waals surface area contributed by atoms with Crippen molar-refractivity contribution in [3.05, 3.63) is 64.4 Å². The first-order chi connectivity index (χ1) is 16.3. The average Bonchev–Trinajstić information content (AvgIpc) is 3.19. The number of nitrogens with two attached hydrogens (primary N) is 1. The van der Waals surface area contributed by atoms with Crippen molar-refractivity contribution in [3.8, 4) is 10.4 Å². The number of unbranched alkanes of at least 4 members (excludes halogenated alkanes) is 4. The van der Waals surface area contributed by atoms with Crippen molar-refractivity contribution < 1.29 is 13.2 Å². The van der Waals surface area contributed by atoms with Crippen LogP contribution in [0, 0.1) is 5.41 Å². The lowest BCUT2D eigenvalue weighted by Crippen LogP contribution is -2.20. The van der Waals surface area contributed by atoms with E-state index >= 15 is 0 Å². The first-order valence-electron chi connectivity index (χ1n) is 11.9. The number of rotatable bonds is 11. The summed E-state index contributed by atoms with van der Waals surface area (Å²) in [5, 5.41) is 10.6. The van der Waals surface area contributed by atoms with E-state index in [9.17, 15) is 13.2 Å². The van der Waals surface area contributed by atoms with Crippen molar-refractivity contribution in [2.45, 2.75) is 71.4 Å². The van der Waals surface area contributed by atoms with Crippen LogP contribution in [0.5, 0.6) is 0 Å². The Labute approximate surface area is 203 Å². The van der Waals surface area contributed by atoms with Gasteiger partial charge in [0.25, 0.3) is 0 Å². The predicted molar refractivity (Wildman–Crippen MR) is 137 cm³/mol. The van der Waals surface area contributed by atoms with Crippen molar-refractivity contribution in [1.29, 1.82) is 5.41 Å². The van der Waals surface area contributed by atoms with Crippen LogP contribution in [-0.2, 0) is 12.8 Å². The number of aryl methyl sites for hydroxylation is 2. The van der Waals surface area contributed by atoms with E-state index in [0.717, 1.165) is 42.5 Å². The molecule has 0 aliphatic heterocycles. The second-order valence-electron chi connectivity index (χ2n) is 8.55. The van der Waals surface area contributed by atoms with Gasteiger partial charge in [0.05, 0.1) is 11.4 Å². The molecule has 0 atom stereocenters. The summed E-state index contributed by atoms with van der Waals surface area (Å²) in [7, 11) is 0. The normalized spacial score (nSPS) is 12.4. The molecule has 1 aromatic carbocycles. The third-order valence-corrected chi connectivity index (χ3v) is 7.20. The maximum Gasteiger partial charge on any atom is 0.430 e. The molecular weight excluding hydrogens is 455 g/mol. The number of pyridine rings is 1. The Morgan fingerprint density at radius 2 is 1.82 bits per heavy atom. The number of hydrogen-bond donors (Lipinski definition) is 2. The summed E-state index contributed by atoms with van der Waals surface area (Å²) in [6.45, 7) is 4.38. The average molecular weight is 488 g/mol. The maximum absolute atomic E-state index is 12.8. The summed E-state index contributed by atoms with van der Waals surface area (Å²) in [4.78, 5) is 6.58. The van der Waals surface area contributed by atoms with Crippen molar-refractivity contribution in [3.63, 3.8) is 0 Å². The zero-order chi connectivity index (χ0) is 24.7. The molecule has 3 nitrogen and oxygen atoms in total. The molecule has 7 heteroatoms. The number of nitrogens with one attached hydrogen (secondary N) is 1. The maximum atomic E-state index is 12.8. The Balaban J connectivity index is 2.06. The number of halogens is 3. The van der Waals surface area contributed by atoms with E-state index < -0.39 is 11.9 Å². The van der Waals surface area contributed by atoms with E-state index in [1.165, 1.54) is 40.5 Å². The molecule has 2 heterocycles. The molecule has 0 saturated carbocycles. The summed E-state index contributed by atoms with van der Waals surface area (Å²) in [5.74, 6) is 0. The van der Waals surface area contributed by atoms with Crippen molar-refractivity contribution in [2.75, 3.05) is 0 Å². The summed E-state index contributed by atoms with van der Waals surface area (Å²) < 4.78 is 38.5. The van der Waals surface area contributed by atoms with Crippen LogP contribution in [0.3, 0.4) is 0 Å². The summed E-state index contributed by atoms with van der Waals surface area (Å²) in [6.07, 6.45) is 6.44. The third-order valence-electron chi connectivity index (χ3n) is 5.89. The molecule has 0 amide bonds. The van der Waals surface area contributed by atoms with Crippen LogP contribution in [0.15, 0.2) is 48.3 Å². The van der Waals surface area contributed by atoms with Crippen LogP contribution in [0.2, 0.25) is 0 Å². The van der Waals surface area contributed by atoms with Crippen molar-refractivity contribution >= 4 is 27.8 Å². The van der Waals surface area contributed by atoms with E-state index in [0.29, 0.717) is 6.08 Å². The van der Waals surface area contributed by atoms with Gasteiger partial charge in [-0.2, -0.15) is 13.2 Å². The highest BCUT2D eigenvalue weighted by Gasteiger charge is 2.31. The molecule has 3 aromatic rings. The van der Waals surface area contributed by atoms with E-state index in [-0.39, 0.29) is 11.4 Å². The molecule has 3 N–H and O–H groups in total. The Morgan fingerprint density at radius 1 is 1.06 bits per heavy atom. The second kappa shape index (κ2) is 11.6. The highest BCUT2D eigenvalue weighted by Crippen LogP contribution is 2.42. The first-order valence-corrected chi connectivity index (χ1v) is 12.7. The lowest BCUT2D eigenvalue weighted by molar-refractivity contribution is -0.0925. The van der Waals surface area contributed by atoms with Gasteiger partial charge in [-0.1, -0.05) is 57.7 Å². The van der Waals surface area contributed by atoms with E-state index in [4.69, 9.17) is 11.1 Å². The number of aromatic nitrogens is 1. The van der Waals surface area contributed by atoms with Crippen molar-refractivity contribution in [1.82, 2.24) is 4.98 Å². The van der Waals surface area contributed by atoms with Crippen LogP contribution >= 0.6 is 11.3 Å². The topological polar surface area (TPSA) is 62.8 Å². The third kappa shape index (κ3) is 6.26. The minimum atomic E-state index is -4.67. The largest absolute Gasteiger partial charge is 0.430 e. The number of alkyl halides is 3. The fraction of sp³-hybridized carbons (Fsp3) is 0.407. The van der Waals surface area contributed by atoms with E-state index in [1.807, 2.05) is 6.07 Å². The number of hydrogen-bond acceptors (Lipinski definition) is 4. The standard InChI is InChI=1S/C27H32F3N3S/c1-3-5-7-8-13-23-20-12-9-11-18(10-6-4-2)25(20)26(34-23)19-14-15-33-22(16-19)21(31)17-24(32)27(28,29)30/h9,11-12,14-17,31H,3-8,10,13,32H2,1-2H3. The van der Waals surface area contributed by atoms with E-state index in [2.05, 4.69) is 37.0 Å². The van der Waals surface area contributed by atoms with Gasteiger partial charge in [0.2, 0.25) is 0 Å². The highest BCUT2D eigenvalue weighted by molar-refractivity contribution is 7.17. The SMILES string of the molecule is CCCCCCc1sc(-c2ccnc(C(=N)C=C(N)C(F)(F)F)c2)c2c(CCCC)cccc12. The summed E-state index contributed by atoms with van der Waals surface area (Å²) in [6, 6.07) is 10.0. The molecule has 34 heavy (non-hydrogen) atoms. The van der Waals surface area contributed by atoms with Crippen LogP contribution in [-0.4, -0.2) is 16.9 Å². The molecule has 0 radical (unpaired) electrons. The minimum Gasteiger partial charge on any atom is -0.395 e. The van der Waals surface area contributed by atoms with Gasteiger partial charge in [0.1, 0.15) is 5.70 Å². The monoisotopic (exact) mass is 487 g/mol. The second-order valence-corrected chi connectivity index (χ2v) is 9.65. The molecular formula is C27H32F3N3S. The van der Waals surface area contributed by atoms with Gasteiger partial charge in [0, 0.05) is 21.3 Å². The number of thiophene rings is 1. The van der Waals surface area contributed by atoms with Gasteiger partial charge in [-0.15, -0.1) is 11.3 Å². The molecule has 0 fully saturated rings.